The monoisotopic (exact) mass is 1300 g/mol. The van der Waals surface area contributed by atoms with Gasteiger partial charge < -0.3 is 33.8 Å². The number of carbonyl (C=O) groups is 4. The Morgan fingerprint density at radius 3 is 0.670 bits per heavy atom. The highest BCUT2D eigenvalue weighted by atomic mass is 31.2. The maximum absolute atomic E-state index is 13.0. The van der Waals surface area contributed by atoms with Gasteiger partial charge in [-0.25, -0.2) is 9.13 Å². The average Bonchev–Trinajstić information content (AvgIpc) is 3.69. The molecular weight excluding hydrogens is 1160 g/mol. The van der Waals surface area contributed by atoms with Crippen LogP contribution in [0.25, 0.3) is 0 Å². The maximum atomic E-state index is 13.0. The van der Waals surface area contributed by atoms with E-state index in [9.17, 15) is 43.2 Å². The van der Waals surface area contributed by atoms with Crippen LogP contribution >= 0.6 is 15.6 Å². The Labute approximate surface area is 537 Å². The molecule has 0 heterocycles. The summed E-state index contributed by atoms with van der Waals surface area (Å²) in [6.07, 6.45) is 51.5. The smallest absolute Gasteiger partial charge is 0.462 e. The van der Waals surface area contributed by atoms with Gasteiger partial charge in [-0.1, -0.05) is 310 Å². The van der Waals surface area contributed by atoms with E-state index in [1.165, 1.54) is 180 Å². The van der Waals surface area contributed by atoms with Crippen molar-refractivity contribution in [2.24, 2.45) is 0 Å². The largest absolute Gasteiger partial charge is 0.472 e. The highest BCUT2D eigenvalue weighted by Gasteiger charge is 2.30. The molecule has 5 atom stereocenters. The lowest BCUT2D eigenvalue weighted by molar-refractivity contribution is -0.161. The van der Waals surface area contributed by atoms with Gasteiger partial charge in [0.2, 0.25) is 0 Å². The van der Waals surface area contributed by atoms with E-state index < -0.39 is 97.5 Å². The number of carbonyl (C=O) groups excluding carboxylic acids is 4. The normalized spacial score (nSPS) is 14.0. The molecule has 0 aromatic carbocycles. The molecule has 0 saturated heterocycles. The molecular formula is C69H134O17P2. The van der Waals surface area contributed by atoms with Gasteiger partial charge in [-0.2, -0.15) is 0 Å². The summed E-state index contributed by atoms with van der Waals surface area (Å²) in [5.74, 6) is -2.13. The third-order valence-electron chi connectivity index (χ3n) is 16.1. The number of hydrogen-bond donors (Lipinski definition) is 3. The second-order valence-electron chi connectivity index (χ2n) is 24.9. The van der Waals surface area contributed by atoms with Crippen molar-refractivity contribution >= 4 is 39.5 Å². The molecule has 19 heteroatoms. The number of esters is 4. The minimum absolute atomic E-state index is 0.106. The van der Waals surface area contributed by atoms with E-state index in [-0.39, 0.29) is 25.7 Å². The van der Waals surface area contributed by atoms with Gasteiger partial charge in [0.25, 0.3) is 0 Å². The van der Waals surface area contributed by atoms with Crippen LogP contribution in [0.15, 0.2) is 0 Å². The van der Waals surface area contributed by atoms with E-state index in [1.54, 1.807) is 0 Å². The van der Waals surface area contributed by atoms with Crippen LogP contribution in [0.5, 0.6) is 0 Å². The number of hydrogen-bond acceptors (Lipinski definition) is 15. The van der Waals surface area contributed by atoms with Crippen LogP contribution in [0.2, 0.25) is 0 Å². The molecule has 0 spiro atoms. The number of unbranched alkanes of at least 4 members (excludes halogenated alkanes) is 44. The highest BCUT2D eigenvalue weighted by molar-refractivity contribution is 7.47. The lowest BCUT2D eigenvalue weighted by Gasteiger charge is -2.21. The van der Waals surface area contributed by atoms with Gasteiger partial charge in [0.05, 0.1) is 26.4 Å². The van der Waals surface area contributed by atoms with Crippen molar-refractivity contribution in [3.63, 3.8) is 0 Å². The summed E-state index contributed by atoms with van der Waals surface area (Å²) in [7, 11) is -9.89. The Hall–Kier alpha value is -1.94. The quantitative estimate of drug-likeness (QED) is 0.0222. The second-order valence-corrected chi connectivity index (χ2v) is 27.8. The number of ether oxygens (including phenoxy) is 4. The van der Waals surface area contributed by atoms with Crippen LogP contribution < -0.4 is 0 Å². The molecule has 0 aromatic heterocycles. The zero-order chi connectivity index (χ0) is 64.7. The van der Waals surface area contributed by atoms with E-state index in [1.807, 2.05) is 0 Å². The topological polar surface area (TPSA) is 237 Å². The Kier molecular flexibility index (Phi) is 62.4. The van der Waals surface area contributed by atoms with Crippen LogP contribution in [0.3, 0.4) is 0 Å². The highest BCUT2D eigenvalue weighted by Crippen LogP contribution is 2.45. The van der Waals surface area contributed by atoms with Gasteiger partial charge in [0, 0.05) is 25.7 Å². The van der Waals surface area contributed by atoms with Crippen LogP contribution in [0.1, 0.15) is 362 Å². The van der Waals surface area contributed by atoms with Crippen LogP contribution in [0.4, 0.5) is 0 Å². The molecule has 2 unspecified atom stereocenters. The van der Waals surface area contributed by atoms with E-state index in [2.05, 4.69) is 27.7 Å². The molecule has 0 amide bonds. The van der Waals surface area contributed by atoms with E-state index in [0.717, 1.165) is 103 Å². The van der Waals surface area contributed by atoms with Crippen LogP contribution in [-0.4, -0.2) is 96.7 Å². The predicted octanol–water partition coefficient (Wildman–Crippen LogP) is 19.9. The van der Waals surface area contributed by atoms with Gasteiger partial charge in [-0.3, -0.25) is 37.3 Å². The van der Waals surface area contributed by atoms with Crippen molar-refractivity contribution in [3.8, 4) is 0 Å². The summed E-state index contributed by atoms with van der Waals surface area (Å²) in [5, 5.41) is 10.6. The molecule has 3 N–H and O–H groups in total. The summed E-state index contributed by atoms with van der Waals surface area (Å²) in [5.41, 5.74) is 0. The van der Waals surface area contributed by atoms with Crippen molar-refractivity contribution in [1.29, 1.82) is 0 Å². The van der Waals surface area contributed by atoms with Gasteiger partial charge in [0.1, 0.15) is 19.3 Å². The Bertz CT molecular complexity index is 1690. The fourth-order valence-electron chi connectivity index (χ4n) is 10.5. The molecule has 88 heavy (non-hydrogen) atoms. The number of phosphoric ester groups is 2. The summed E-state index contributed by atoms with van der Waals surface area (Å²) in [6, 6.07) is 0. The fourth-order valence-corrected chi connectivity index (χ4v) is 12.1. The summed E-state index contributed by atoms with van der Waals surface area (Å²) >= 11 is 0. The fraction of sp³-hybridized carbons (Fsp3) is 0.942. The zero-order valence-corrected chi connectivity index (χ0v) is 58.5. The molecule has 522 valence electrons. The lowest BCUT2D eigenvalue weighted by Crippen LogP contribution is -2.30. The van der Waals surface area contributed by atoms with Crippen LogP contribution in [0, 0.1) is 0 Å². The van der Waals surface area contributed by atoms with Crippen molar-refractivity contribution in [1.82, 2.24) is 0 Å². The third kappa shape index (κ3) is 62.8. The standard InChI is InChI=1S/C69H134O17P2/c1-5-9-13-17-21-24-26-28-30-31-32-33-35-37-40-44-48-52-56-69(74)86-65(60-80-67(72)54-50-46-42-39-36-34-29-27-25-22-18-14-10-6-2)62-84-88(77,78)82-58-63(70)57-81-87(75,76)83-61-64(59-79-66(71)53-49-45-41-20-16-12-8-4)85-68(73)55-51-47-43-38-23-19-15-11-7-3/h63-65,70H,5-62H2,1-4H3,(H,75,76)(H,77,78)/t63-,64+,65+/m0/s1. The number of aliphatic hydroxyl groups excluding tert-OH is 1. The summed E-state index contributed by atoms with van der Waals surface area (Å²) < 4.78 is 68.1. The van der Waals surface area contributed by atoms with Crippen molar-refractivity contribution < 1.29 is 80.2 Å². The van der Waals surface area contributed by atoms with Gasteiger partial charge in [-0.05, 0) is 25.7 Å². The lowest BCUT2D eigenvalue weighted by atomic mass is 10.0. The molecule has 0 saturated carbocycles. The molecule has 0 radical (unpaired) electrons. The first-order valence-electron chi connectivity index (χ1n) is 36.3. The van der Waals surface area contributed by atoms with Gasteiger partial charge in [-0.15, -0.1) is 0 Å². The van der Waals surface area contributed by atoms with Gasteiger partial charge >= 0.3 is 39.5 Å². The van der Waals surface area contributed by atoms with Crippen molar-refractivity contribution in [2.45, 2.75) is 380 Å². The molecule has 0 aliphatic carbocycles. The summed E-state index contributed by atoms with van der Waals surface area (Å²) in [4.78, 5) is 72.3. The average molecular weight is 1300 g/mol. The molecule has 0 aromatic rings. The SMILES string of the molecule is CCCCCCCCCCCCCCCCCCCCC(=O)O[C@H](COC(=O)CCCCCCCCCCCCCCCC)COP(=O)(O)OC[C@@H](O)COP(=O)(O)OC[C@@H](COC(=O)CCCCCCCCC)OC(=O)CCCCCCCCCCC. The Balaban J connectivity index is 5.17. The number of aliphatic hydroxyl groups is 1. The molecule has 0 aliphatic heterocycles. The molecule has 0 bridgehead atoms. The second kappa shape index (κ2) is 63.8. The van der Waals surface area contributed by atoms with Gasteiger partial charge in [0.15, 0.2) is 12.2 Å². The van der Waals surface area contributed by atoms with E-state index >= 15 is 0 Å². The van der Waals surface area contributed by atoms with E-state index in [0.29, 0.717) is 25.7 Å². The predicted molar refractivity (Wildman–Crippen MR) is 354 cm³/mol. The minimum atomic E-state index is -4.95. The third-order valence-corrected chi connectivity index (χ3v) is 18.0. The first-order chi connectivity index (χ1) is 42.7. The van der Waals surface area contributed by atoms with E-state index in [4.69, 9.17) is 37.0 Å². The van der Waals surface area contributed by atoms with Crippen molar-refractivity contribution in [2.75, 3.05) is 39.6 Å². The first-order valence-corrected chi connectivity index (χ1v) is 39.3. The first kappa shape index (κ1) is 86.1. The molecule has 17 nitrogen and oxygen atoms in total. The zero-order valence-electron chi connectivity index (χ0n) is 56.7. The summed E-state index contributed by atoms with van der Waals surface area (Å²) in [6.45, 7) is 4.88. The maximum Gasteiger partial charge on any atom is 0.472 e. The Morgan fingerprint density at radius 1 is 0.273 bits per heavy atom. The molecule has 0 aliphatic rings. The molecule has 0 rings (SSSR count). The van der Waals surface area contributed by atoms with Crippen molar-refractivity contribution in [3.05, 3.63) is 0 Å². The number of phosphoric acid groups is 2. The van der Waals surface area contributed by atoms with Crippen LogP contribution in [-0.2, 0) is 65.4 Å². The Morgan fingerprint density at radius 2 is 0.455 bits per heavy atom. The molecule has 0 fully saturated rings. The number of rotatable bonds is 70. The minimum Gasteiger partial charge on any atom is -0.462 e.